The molecule has 0 amide bonds. The van der Waals surface area contributed by atoms with E-state index in [4.69, 9.17) is 0 Å². The third-order valence-electron chi connectivity index (χ3n) is 4.52. The Bertz CT molecular complexity index is 604. The van der Waals surface area contributed by atoms with Crippen molar-refractivity contribution in [3.8, 4) is 0 Å². The first-order valence-corrected chi connectivity index (χ1v) is 8.13. The van der Waals surface area contributed by atoms with Gasteiger partial charge in [0.05, 0.1) is 0 Å². The molecule has 0 aliphatic heterocycles. The van der Waals surface area contributed by atoms with Gasteiger partial charge in [0.2, 0.25) is 0 Å². The molecule has 0 spiro atoms. The van der Waals surface area contributed by atoms with Crippen molar-refractivity contribution in [2.45, 2.75) is 45.1 Å². The predicted molar refractivity (Wildman–Crippen MR) is 87.0 cm³/mol. The number of halogens is 1. The van der Waals surface area contributed by atoms with Gasteiger partial charge in [-0.3, -0.25) is 0 Å². The van der Waals surface area contributed by atoms with Crippen LogP contribution in [0.2, 0.25) is 0 Å². The molecule has 3 rings (SSSR count). The van der Waals surface area contributed by atoms with Gasteiger partial charge in [-0.1, -0.05) is 37.3 Å². The summed E-state index contributed by atoms with van der Waals surface area (Å²) < 4.78 is 13.8. The zero-order valence-electron chi connectivity index (χ0n) is 12.7. The van der Waals surface area contributed by atoms with Gasteiger partial charge in [0.15, 0.2) is 0 Å². The van der Waals surface area contributed by atoms with Gasteiger partial charge in [0.1, 0.15) is 5.82 Å². The zero-order valence-corrected chi connectivity index (χ0v) is 12.7. The van der Waals surface area contributed by atoms with Gasteiger partial charge in [-0.15, -0.1) is 0 Å². The molecule has 112 valence electrons. The van der Waals surface area contributed by atoms with Crippen molar-refractivity contribution < 1.29 is 4.39 Å². The monoisotopic (exact) mass is 285 g/mol. The minimum Gasteiger partial charge on any atom is -0.314 e. The number of fused-ring (bicyclic) bond motifs is 1. The third kappa shape index (κ3) is 3.82. The maximum atomic E-state index is 13.8. The Morgan fingerprint density at radius 1 is 1.10 bits per heavy atom. The van der Waals surface area contributed by atoms with Crippen LogP contribution < -0.4 is 5.32 Å². The second-order valence-corrected chi connectivity index (χ2v) is 6.41. The lowest BCUT2D eigenvalue weighted by molar-refractivity contribution is 0.469. The molecule has 0 aromatic heterocycles. The lowest BCUT2D eigenvalue weighted by atomic mass is 9.95. The summed E-state index contributed by atoms with van der Waals surface area (Å²) >= 11 is 0. The van der Waals surface area contributed by atoms with Crippen LogP contribution in [0.3, 0.4) is 0 Å². The average molecular weight is 285 g/mol. The Balaban J connectivity index is 1.58. The summed E-state index contributed by atoms with van der Waals surface area (Å²) in [5.74, 6) is 0.594. The van der Waals surface area contributed by atoms with E-state index in [-0.39, 0.29) is 5.82 Å². The molecule has 2 aromatic carbocycles. The zero-order chi connectivity index (χ0) is 14.7. The smallest absolute Gasteiger partial charge is 0.131 e. The van der Waals surface area contributed by atoms with Gasteiger partial charge in [0, 0.05) is 11.4 Å². The van der Waals surface area contributed by atoms with Crippen LogP contribution in [0.25, 0.3) is 10.8 Å². The molecule has 1 N–H and O–H groups in total. The minimum atomic E-state index is -0.115. The molecule has 2 heteroatoms. The number of aryl methyl sites for hydroxylation is 1. The van der Waals surface area contributed by atoms with Crippen LogP contribution in [0, 0.1) is 11.7 Å². The highest BCUT2D eigenvalue weighted by molar-refractivity contribution is 5.86. The molecule has 1 aliphatic carbocycles. The van der Waals surface area contributed by atoms with E-state index in [1.54, 1.807) is 6.07 Å². The molecular formula is C19H24FN. The normalized spacial score (nSPS) is 16.3. The number of hydrogen-bond donors (Lipinski definition) is 1. The summed E-state index contributed by atoms with van der Waals surface area (Å²) in [4.78, 5) is 0. The van der Waals surface area contributed by atoms with Crippen molar-refractivity contribution in [1.82, 2.24) is 5.32 Å². The first-order chi connectivity index (χ1) is 10.2. The molecular weight excluding hydrogens is 261 g/mol. The molecule has 1 nitrogen and oxygen atoms in total. The largest absolute Gasteiger partial charge is 0.314 e. The van der Waals surface area contributed by atoms with Gasteiger partial charge in [0.25, 0.3) is 0 Å². The lowest BCUT2D eigenvalue weighted by Gasteiger charge is -2.13. The van der Waals surface area contributed by atoms with Crippen LogP contribution in [0.5, 0.6) is 0 Å². The van der Waals surface area contributed by atoms with Crippen LogP contribution in [-0.2, 0) is 6.42 Å². The van der Waals surface area contributed by atoms with E-state index >= 15 is 0 Å². The summed E-state index contributed by atoms with van der Waals surface area (Å²) in [6.07, 6.45) is 6.15. The first kappa shape index (κ1) is 14.5. The Kier molecular flexibility index (Phi) is 4.54. The average Bonchev–Trinajstić information content (AvgIpc) is 3.31. The van der Waals surface area contributed by atoms with Crippen LogP contribution in [0.15, 0.2) is 36.4 Å². The van der Waals surface area contributed by atoms with Crippen molar-refractivity contribution in [1.29, 1.82) is 0 Å². The van der Waals surface area contributed by atoms with Crippen molar-refractivity contribution in [2.24, 2.45) is 5.92 Å². The summed E-state index contributed by atoms with van der Waals surface area (Å²) in [7, 11) is 0. The second-order valence-electron chi connectivity index (χ2n) is 6.41. The molecule has 1 unspecified atom stereocenters. The predicted octanol–water partition coefficient (Wildman–Crippen LogP) is 4.69. The molecule has 0 saturated heterocycles. The van der Waals surface area contributed by atoms with Crippen molar-refractivity contribution in [3.05, 3.63) is 47.8 Å². The van der Waals surface area contributed by atoms with E-state index < -0.39 is 0 Å². The van der Waals surface area contributed by atoms with E-state index in [2.05, 4.69) is 12.2 Å². The molecule has 2 aromatic rings. The van der Waals surface area contributed by atoms with Crippen LogP contribution in [0.4, 0.5) is 4.39 Å². The Morgan fingerprint density at radius 3 is 2.62 bits per heavy atom. The van der Waals surface area contributed by atoms with Crippen molar-refractivity contribution in [2.75, 3.05) is 6.54 Å². The molecule has 1 saturated carbocycles. The van der Waals surface area contributed by atoms with Gasteiger partial charge < -0.3 is 5.32 Å². The fourth-order valence-corrected chi connectivity index (χ4v) is 2.91. The fourth-order valence-electron chi connectivity index (χ4n) is 2.91. The molecule has 0 heterocycles. The van der Waals surface area contributed by atoms with Gasteiger partial charge in [-0.2, -0.15) is 0 Å². The molecule has 0 radical (unpaired) electrons. The van der Waals surface area contributed by atoms with E-state index in [9.17, 15) is 4.39 Å². The van der Waals surface area contributed by atoms with E-state index in [0.29, 0.717) is 5.92 Å². The highest BCUT2D eigenvalue weighted by Gasteiger charge is 2.19. The van der Waals surface area contributed by atoms with Gasteiger partial charge >= 0.3 is 0 Å². The quantitative estimate of drug-likeness (QED) is 0.778. The van der Waals surface area contributed by atoms with E-state index in [0.717, 1.165) is 29.8 Å². The van der Waals surface area contributed by atoms with Crippen molar-refractivity contribution >= 4 is 10.8 Å². The Hall–Kier alpha value is -1.41. The third-order valence-corrected chi connectivity index (χ3v) is 4.52. The first-order valence-electron chi connectivity index (χ1n) is 8.13. The highest BCUT2D eigenvalue weighted by atomic mass is 19.1. The van der Waals surface area contributed by atoms with Gasteiger partial charge in [-0.05, 0) is 61.6 Å². The van der Waals surface area contributed by atoms with Gasteiger partial charge in [-0.25, -0.2) is 4.39 Å². The maximum Gasteiger partial charge on any atom is 0.131 e. The lowest BCUT2D eigenvalue weighted by Crippen LogP contribution is -2.19. The number of nitrogens with one attached hydrogen (secondary N) is 1. The van der Waals surface area contributed by atoms with Crippen LogP contribution in [-0.4, -0.2) is 12.6 Å². The van der Waals surface area contributed by atoms with Crippen molar-refractivity contribution in [3.63, 3.8) is 0 Å². The Morgan fingerprint density at radius 2 is 1.86 bits per heavy atom. The fraction of sp³-hybridized carbons (Fsp3) is 0.474. The summed E-state index contributed by atoms with van der Waals surface area (Å²) in [6.45, 7) is 3.45. The second kappa shape index (κ2) is 6.57. The number of hydrogen-bond acceptors (Lipinski definition) is 1. The summed E-state index contributed by atoms with van der Waals surface area (Å²) in [6, 6.07) is 12.2. The van der Waals surface area contributed by atoms with E-state index in [1.807, 2.05) is 30.3 Å². The highest BCUT2D eigenvalue weighted by Crippen LogP contribution is 2.24. The SMILES string of the molecule is CC(CCNC1CC1)CCc1ccc(F)c2ccccc12. The van der Waals surface area contributed by atoms with Crippen LogP contribution >= 0.6 is 0 Å². The van der Waals surface area contributed by atoms with Crippen LogP contribution in [0.1, 0.15) is 38.2 Å². The molecule has 1 fully saturated rings. The maximum absolute atomic E-state index is 13.8. The topological polar surface area (TPSA) is 12.0 Å². The standard InChI is InChI=1S/C19H24FN/c1-14(12-13-21-16-9-10-16)6-7-15-8-11-19(20)18-5-3-2-4-17(15)18/h2-5,8,11,14,16,21H,6-7,9-10,12-13H2,1H3. The molecule has 1 aliphatic rings. The minimum absolute atomic E-state index is 0.115. The molecule has 1 atom stereocenters. The number of benzene rings is 2. The number of rotatable bonds is 7. The molecule has 0 bridgehead atoms. The molecule has 21 heavy (non-hydrogen) atoms. The Labute approximate surface area is 126 Å². The van der Waals surface area contributed by atoms with E-state index in [1.165, 1.54) is 31.2 Å². The summed E-state index contributed by atoms with van der Waals surface area (Å²) in [5, 5.41) is 5.39. The summed E-state index contributed by atoms with van der Waals surface area (Å²) in [5.41, 5.74) is 1.27.